The van der Waals surface area contributed by atoms with Crippen molar-refractivity contribution in [1.29, 1.82) is 0 Å². The van der Waals surface area contributed by atoms with Crippen LogP contribution >= 0.6 is 0 Å². The molecule has 43 heavy (non-hydrogen) atoms. The number of aliphatic carboxylic acids is 1. The summed E-state index contributed by atoms with van der Waals surface area (Å²) in [7, 11) is 0. The second-order valence-corrected chi connectivity index (χ2v) is 12.8. The van der Waals surface area contributed by atoms with Gasteiger partial charge in [-0.3, -0.25) is 14.4 Å². The highest BCUT2D eigenvalue weighted by atomic mass is 16.4. The Morgan fingerprint density at radius 3 is 2.60 bits per heavy atom. The summed E-state index contributed by atoms with van der Waals surface area (Å²) in [6.07, 6.45) is 10.1. The predicted octanol–water partition coefficient (Wildman–Crippen LogP) is 5.13. The van der Waals surface area contributed by atoms with Gasteiger partial charge in [-0.25, -0.2) is 4.98 Å². The number of benzene rings is 2. The van der Waals surface area contributed by atoms with Gasteiger partial charge in [0.15, 0.2) is 0 Å². The third-order valence-electron chi connectivity index (χ3n) is 9.92. The molecule has 2 aliphatic heterocycles. The average Bonchev–Trinajstić information content (AvgIpc) is 3.68. The van der Waals surface area contributed by atoms with E-state index in [2.05, 4.69) is 27.8 Å². The lowest BCUT2D eigenvalue weighted by Crippen LogP contribution is -2.52. The lowest BCUT2D eigenvalue weighted by molar-refractivity contribution is -0.152. The van der Waals surface area contributed by atoms with Gasteiger partial charge in [0.2, 0.25) is 5.91 Å². The predicted molar refractivity (Wildman–Crippen MR) is 163 cm³/mol. The molecule has 226 valence electrons. The Morgan fingerprint density at radius 2 is 1.84 bits per heavy atom. The van der Waals surface area contributed by atoms with Gasteiger partial charge in [0, 0.05) is 54.7 Å². The molecule has 1 saturated carbocycles. The van der Waals surface area contributed by atoms with Crippen LogP contribution in [0.3, 0.4) is 0 Å². The molecule has 3 aromatic rings. The van der Waals surface area contributed by atoms with E-state index >= 15 is 0 Å². The summed E-state index contributed by atoms with van der Waals surface area (Å²) in [6, 6.07) is 16.7. The van der Waals surface area contributed by atoms with E-state index in [1.807, 2.05) is 52.9 Å². The molecule has 2 aromatic carbocycles. The normalized spacial score (nSPS) is 26.0. The first kappa shape index (κ1) is 29.0. The van der Waals surface area contributed by atoms with Crippen LogP contribution in [0.25, 0.3) is 0 Å². The maximum absolute atomic E-state index is 14.8. The van der Waals surface area contributed by atoms with E-state index in [1.54, 1.807) is 24.7 Å². The molecule has 3 heterocycles. The summed E-state index contributed by atoms with van der Waals surface area (Å²) in [6.45, 7) is 3.09. The molecule has 2 unspecified atom stereocenters. The number of nitrogens with one attached hydrogen (secondary N) is 2. The number of nitrogens with zero attached hydrogens (tertiary/aromatic N) is 3. The van der Waals surface area contributed by atoms with E-state index in [9.17, 15) is 19.5 Å². The number of carboxylic acids is 1. The zero-order valence-electron chi connectivity index (χ0n) is 24.7. The summed E-state index contributed by atoms with van der Waals surface area (Å²) >= 11 is 0. The maximum Gasteiger partial charge on any atom is 0.309 e. The lowest BCUT2D eigenvalue weighted by Gasteiger charge is -2.42. The van der Waals surface area contributed by atoms with Gasteiger partial charge in [0.05, 0.1) is 23.7 Å². The molecule has 6 atom stereocenters. The molecule has 1 aromatic heterocycles. The Hall–Kier alpha value is -4.14. The van der Waals surface area contributed by atoms with Crippen molar-refractivity contribution < 1.29 is 19.5 Å². The van der Waals surface area contributed by atoms with Crippen molar-refractivity contribution in [3.8, 4) is 0 Å². The highest BCUT2D eigenvalue weighted by Crippen LogP contribution is 2.50. The fourth-order valence-electron chi connectivity index (χ4n) is 7.54. The topological polar surface area (TPSA) is 117 Å². The SMILES string of the molecule is CC(CCn1ccnc1)(CC1C[C@@H]2CNc3ccccc3[C@@H]2N1C(=O)[C@H]1CCCC[C@H]1NC(=O)c1ccccc1)C(=O)O. The number of aryl methyl sites for hydroxylation is 1. The van der Waals surface area contributed by atoms with Gasteiger partial charge in [-0.2, -0.15) is 0 Å². The minimum absolute atomic E-state index is 0.0367. The zero-order chi connectivity index (χ0) is 30.0. The number of amides is 2. The molecule has 0 radical (unpaired) electrons. The number of likely N-dealkylation sites (tertiary alicyclic amines) is 1. The molecule has 0 spiro atoms. The molecule has 3 aliphatic rings. The molecule has 3 N–H and O–H groups in total. The van der Waals surface area contributed by atoms with Crippen molar-refractivity contribution in [1.82, 2.24) is 19.8 Å². The quantitative estimate of drug-likeness (QED) is 0.322. The number of aromatic nitrogens is 2. The largest absolute Gasteiger partial charge is 0.481 e. The Bertz CT molecular complexity index is 1440. The molecule has 2 amide bonds. The van der Waals surface area contributed by atoms with E-state index in [4.69, 9.17) is 0 Å². The van der Waals surface area contributed by atoms with Crippen molar-refractivity contribution in [3.05, 3.63) is 84.4 Å². The monoisotopic (exact) mass is 583 g/mol. The van der Waals surface area contributed by atoms with Gasteiger partial charge in [-0.05, 0) is 62.8 Å². The van der Waals surface area contributed by atoms with E-state index in [-0.39, 0.29) is 41.8 Å². The standard InChI is InChI=1S/C34H41N5O4/c1-34(33(42)43,15-17-38-18-16-35-22-38)20-25-19-24-21-36-28-13-7-5-11-26(28)30(24)39(25)32(41)27-12-6-8-14-29(27)37-31(40)23-9-3-2-4-10-23/h2-5,7,9-11,13,16,18,22,24-25,27,29-30,36H,6,8,12,14-15,17,19-21H2,1H3,(H,37,40)(H,42,43)/t24-,25?,27+,29-,30-,34?/m1/s1. The summed E-state index contributed by atoms with van der Waals surface area (Å²) in [5.74, 6) is -1.15. The van der Waals surface area contributed by atoms with Crippen LogP contribution in [0.5, 0.6) is 0 Å². The van der Waals surface area contributed by atoms with Crippen molar-refractivity contribution in [2.45, 2.75) is 76.5 Å². The lowest BCUT2D eigenvalue weighted by atomic mass is 9.78. The van der Waals surface area contributed by atoms with Crippen LogP contribution in [0.15, 0.2) is 73.3 Å². The molecule has 2 fully saturated rings. The Morgan fingerprint density at radius 1 is 1.07 bits per heavy atom. The van der Waals surface area contributed by atoms with Gasteiger partial charge in [0.1, 0.15) is 0 Å². The number of rotatable bonds is 9. The van der Waals surface area contributed by atoms with Gasteiger partial charge >= 0.3 is 5.97 Å². The highest BCUT2D eigenvalue weighted by Gasteiger charge is 2.51. The van der Waals surface area contributed by atoms with Crippen LogP contribution in [-0.4, -0.2) is 56.0 Å². The van der Waals surface area contributed by atoms with Crippen LogP contribution < -0.4 is 10.6 Å². The number of hydrogen-bond donors (Lipinski definition) is 3. The van der Waals surface area contributed by atoms with Crippen LogP contribution in [0, 0.1) is 17.3 Å². The minimum Gasteiger partial charge on any atom is -0.481 e. The van der Waals surface area contributed by atoms with Crippen LogP contribution in [0.1, 0.15) is 73.8 Å². The first-order valence-corrected chi connectivity index (χ1v) is 15.5. The van der Waals surface area contributed by atoms with E-state index in [0.717, 1.165) is 43.5 Å². The number of carbonyl (C=O) groups excluding carboxylic acids is 2. The van der Waals surface area contributed by atoms with Crippen LogP contribution in [0.4, 0.5) is 5.69 Å². The van der Waals surface area contributed by atoms with Crippen molar-refractivity contribution in [2.24, 2.45) is 17.3 Å². The second-order valence-electron chi connectivity index (χ2n) is 12.8. The highest BCUT2D eigenvalue weighted by molar-refractivity contribution is 5.95. The first-order valence-electron chi connectivity index (χ1n) is 15.5. The van der Waals surface area contributed by atoms with Crippen molar-refractivity contribution >= 4 is 23.5 Å². The van der Waals surface area contributed by atoms with Gasteiger partial charge in [-0.1, -0.05) is 49.2 Å². The number of imidazole rings is 1. The number of carboxylic acid groups (broad SMARTS) is 1. The van der Waals surface area contributed by atoms with Gasteiger partial charge in [-0.15, -0.1) is 0 Å². The minimum atomic E-state index is -1.03. The smallest absolute Gasteiger partial charge is 0.309 e. The summed E-state index contributed by atoms with van der Waals surface area (Å²) < 4.78 is 1.90. The first-order chi connectivity index (χ1) is 20.8. The summed E-state index contributed by atoms with van der Waals surface area (Å²) in [4.78, 5) is 46.9. The summed E-state index contributed by atoms with van der Waals surface area (Å²) in [5.41, 5.74) is 1.67. The number of para-hydroxylation sites is 1. The number of fused-ring (bicyclic) bond motifs is 3. The fourth-order valence-corrected chi connectivity index (χ4v) is 7.54. The maximum atomic E-state index is 14.8. The van der Waals surface area contributed by atoms with Crippen molar-refractivity contribution in [2.75, 3.05) is 11.9 Å². The molecule has 1 saturated heterocycles. The summed E-state index contributed by atoms with van der Waals surface area (Å²) in [5, 5.41) is 17.2. The fraction of sp³-hybridized carbons (Fsp3) is 0.471. The number of carbonyl (C=O) groups is 3. The molecule has 9 nitrogen and oxygen atoms in total. The average molecular weight is 584 g/mol. The number of hydrogen-bond acceptors (Lipinski definition) is 5. The third kappa shape index (κ3) is 5.90. The zero-order valence-corrected chi connectivity index (χ0v) is 24.7. The van der Waals surface area contributed by atoms with Gasteiger partial charge < -0.3 is 25.2 Å². The van der Waals surface area contributed by atoms with E-state index in [1.165, 1.54) is 0 Å². The van der Waals surface area contributed by atoms with Gasteiger partial charge in [0.25, 0.3) is 5.91 Å². The molecular weight excluding hydrogens is 542 g/mol. The Labute approximate surface area is 252 Å². The van der Waals surface area contributed by atoms with Crippen LogP contribution in [-0.2, 0) is 16.1 Å². The van der Waals surface area contributed by atoms with E-state index < -0.39 is 11.4 Å². The molecule has 0 bridgehead atoms. The molecule has 6 rings (SSSR count). The molecule has 1 aliphatic carbocycles. The number of anilines is 1. The Balaban J connectivity index is 1.30. The van der Waals surface area contributed by atoms with Crippen LogP contribution in [0.2, 0.25) is 0 Å². The third-order valence-corrected chi connectivity index (χ3v) is 9.92. The second kappa shape index (κ2) is 12.2. The molecular formula is C34H41N5O4. The van der Waals surface area contributed by atoms with Crippen molar-refractivity contribution in [3.63, 3.8) is 0 Å². The molecule has 9 heteroatoms. The Kier molecular flexibility index (Phi) is 8.23. The van der Waals surface area contributed by atoms with E-state index in [0.29, 0.717) is 31.4 Å².